The van der Waals surface area contributed by atoms with Gasteiger partial charge in [0.1, 0.15) is 13.2 Å². The number of carbonyl (C=O) groups is 1. The molecule has 53 valence electrons. The van der Waals surface area contributed by atoms with Gasteiger partial charge in [-0.2, -0.15) is 0 Å². The van der Waals surface area contributed by atoms with Crippen molar-refractivity contribution < 1.29 is 9.53 Å². The molecule has 0 heterocycles. The zero-order chi connectivity index (χ0) is 7.44. The smallest absolute Gasteiger partial charge is 0.323 e. The minimum Gasteiger partial charge on any atom is -0.461 e. The molecule has 9 heavy (non-hydrogen) atoms. The molecule has 3 nitrogen and oxygen atoms in total. The molecule has 0 saturated heterocycles. The van der Waals surface area contributed by atoms with Gasteiger partial charge in [0.25, 0.3) is 0 Å². The molecule has 0 amide bonds. The van der Waals surface area contributed by atoms with Crippen LogP contribution in [0.15, 0.2) is 0 Å². The Morgan fingerprint density at radius 3 is 2.22 bits per heavy atom. The van der Waals surface area contributed by atoms with Gasteiger partial charge in [-0.25, -0.2) is 0 Å². The molecule has 3 heteroatoms. The first-order valence-electron chi connectivity index (χ1n) is 2.81. The van der Waals surface area contributed by atoms with Crippen LogP contribution in [0.4, 0.5) is 0 Å². The summed E-state index contributed by atoms with van der Waals surface area (Å²) in [5.74, 6) is -0.343. The van der Waals surface area contributed by atoms with Crippen molar-refractivity contribution in [3.8, 4) is 0 Å². The number of hydrogen-bond acceptors (Lipinski definition) is 3. The zero-order valence-electron chi connectivity index (χ0n) is 5.76. The number of rotatable bonds is 2. The zero-order valence-corrected chi connectivity index (χ0v) is 5.76. The molecule has 0 fully saturated rings. The van der Waals surface area contributed by atoms with Crippen LogP contribution in [-0.2, 0) is 9.53 Å². The lowest BCUT2D eigenvalue weighted by molar-refractivity contribution is -0.140. The van der Waals surface area contributed by atoms with Crippen molar-refractivity contribution in [2.45, 2.75) is 19.9 Å². The summed E-state index contributed by atoms with van der Waals surface area (Å²) in [6.45, 7) is 3.70. The molecule has 0 aliphatic heterocycles. The van der Waals surface area contributed by atoms with Crippen molar-refractivity contribution >= 4 is 5.97 Å². The van der Waals surface area contributed by atoms with Gasteiger partial charge < -0.3 is 10.5 Å². The summed E-state index contributed by atoms with van der Waals surface area (Å²) in [7, 11) is 2.96. The van der Waals surface area contributed by atoms with Gasteiger partial charge in [-0.05, 0) is 5.92 Å². The normalized spacial score (nSPS) is 13.4. The average Bonchev–Trinajstić information content (AvgIpc) is 1.84. The topological polar surface area (TPSA) is 52.3 Å². The minimum absolute atomic E-state index is 0.110. The summed E-state index contributed by atoms with van der Waals surface area (Å²) in [5.41, 5.74) is 5.36. The Kier molecular flexibility index (Phi) is 3.24. The molecule has 0 aliphatic rings. The highest BCUT2D eigenvalue weighted by molar-refractivity contribution is 5.75. The third kappa shape index (κ3) is 2.46. The highest BCUT2D eigenvalue weighted by atomic mass is 16.5. The van der Waals surface area contributed by atoms with Crippen molar-refractivity contribution in [1.29, 1.82) is 0 Å². The molecule has 0 saturated carbocycles. The third-order valence-electron chi connectivity index (χ3n) is 1.13. The van der Waals surface area contributed by atoms with Gasteiger partial charge in [-0.3, -0.25) is 4.79 Å². The number of carbonyl (C=O) groups excluding carboxylic acids is 1. The minimum atomic E-state index is -0.539. The van der Waals surface area contributed by atoms with Crippen LogP contribution in [0, 0.1) is 13.0 Å². The summed E-state index contributed by atoms with van der Waals surface area (Å²) in [5, 5.41) is 0. The van der Waals surface area contributed by atoms with Crippen molar-refractivity contribution in [3.63, 3.8) is 0 Å². The van der Waals surface area contributed by atoms with E-state index in [4.69, 9.17) is 5.73 Å². The monoisotopic (exact) mass is 130 g/mol. The van der Waals surface area contributed by atoms with E-state index in [2.05, 4.69) is 11.8 Å². The Balaban J connectivity index is 3.72. The summed E-state index contributed by atoms with van der Waals surface area (Å²) in [6, 6.07) is -0.539. The highest BCUT2D eigenvalue weighted by Crippen LogP contribution is 1.98. The van der Waals surface area contributed by atoms with E-state index in [0.717, 1.165) is 0 Å². The lowest BCUT2D eigenvalue weighted by atomic mass is 10.1. The van der Waals surface area contributed by atoms with Crippen LogP contribution in [-0.4, -0.2) is 12.0 Å². The number of ether oxygens (including phenoxy) is 1. The van der Waals surface area contributed by atoms with Gasteiger partial charge in [-0.15, -0.1) is 0 Å². The summed E-state index contributed by atoms with van der Waals surface area (Å²) >= 11 is 0. The molecule has 0 rings (SSSR count). The standard InChI is InChI=1S/C6H12NO2/c1-4(2)5(7)6(8)9-3/h4-5H,3,7H2,1-2H3/t5-/m1/s1. The second-order valence-electron chi connectivity index (χ2n) is 2.23. The number of esters is 1. The van der Waals surface area contributed by atoms with Gasteiger partial charge in [0.05, 0.1) is 0 Å². The second kappa shape index (κ2) is 3.45. The quantitative estimate of drug-likeness (QED) is 0.547. The Labute approximate surface area is 55.2 Å². The second-order valence-corrected chi connectivity index (χ2v) is 2.23. The molecule has 0 bridgehead atoms. The Morgan fingerprint density at radius 2 is 2.11 bits per heavy atom. The predicted octanol–water partition coefficient (Wildman–Crippen LogP) is 0.304. The van der Waals surface area contributed by atoms with Gasteiger partial charge in [0, 0.05) is 0 Å². The van der Waals surface area contributed by atoms with E-state index in [1.807, 2.05) is 13.8 Å². The molecule has 0 aliphatic carbocycles. The first-order valence-corrected chi connectivity index (χ1v) is 2.81. The fourth-order valence-electron chi connectivity index (χ4n) is 0.368. The van der Waals surface area contributed by atoms with E-state index in [-0.39, 0.29) is 5.92 Å². The van der Waals surface area contributed by atoms with Crippen LogP contribution in [0.25, 0.3) is 0 Å². The SMILES string of the molecule is [CH2]OC(=O)[C@H](N)C(C)C. The summed E-state index contributed by atoms with van der Waals surface area (Å²) in [6.07, 6.45) is 0. The van der Waals surface area contributed by atoms with Crippen LogP contribution in [0.2, 0.25) is 0 Å². The fraction of sp³-hybridized carbons (Fsp3) is 0.667. The van der Waals surface area contributed by atoms with E-state index >= 15 is 0 Å². The molecule has 0 unspecified atom stereocenters. The van der Waals surface area contributed by atoms with Gasteiger partial charge >= 0.3 is 5.97 Å². The maximum absolute atomic E-state index is 10.5. The Hall–Kier alpha value is -0.570. The summed E-state index contributed by atoms with van der Waals surface area (Å²) < 4.78 is 4.16. The van der Waals surface area contributed by atoms with Crippen LogP contribution in [0.1, 0.15) is 13.8 Å². The fourth-order valence-corrected chi connectivity index (χ4v) is 0.368. The predicted molar refractivity (Wildman–Crippen MR) is 34.3 cm³/mol. The third-order valence-corrected chi connectivity index (χ3v) is 1.13. The first kappa shape index (κ1) is 8.43. The molecular weight excluding hydrogens is 118 g/mol. The molecule has 2 N–H and O–H groups in total. The van der Waals surface area contributed by atoms with E-state index in [1.165, 1.54) is 0 Å². The van der Waals surface area contributed by atoms with E-state index in [1.54, 1.807) is 0 Å². The molecule has 0 aromatic rings. The van der Waals surface area contributed by atoms with Crippen LogP contribution in [0.5, 0.6) is 0 Å². The Morgan fingerprint density at radius 1 is 1.67 bits per heavy atom. The lowest BCUT2D eigenvalue weighted by Crippen LogP contribution is -2.35. The van der Waals surface area contributed by atoms with E-state index in [0.29, 0.717) is 0 Å². The number of hydrogen-bond donors (Lipinski definition) is 1. The van der Waals surface area contributed by atoms with Crippen molar-refractivity contribution in [2.75, 3.05) is 0 Å². The van der Waals surface area contributed by atoms with E-state index in [9.17, 15) is 4.79 Å². The summed E-state index contributed by atoms with van der Waals surface area (Å²) in [4.78, 5) is 10.5. The van der Waals surface area contributed by atoms with E-state index < -0.39 is 12.0 Å². The van der Waals surface area contributed by atoms with Crippen molar-refractivity contribution in [1.82, 2.24) is 0 Å². The Bertz CT molecular complexity index is 101. The van der Waals surface area contributed by atoms with Gasteiger partial charge in [-0.1, -0.05) is 13.8 Å². The van der Waals surface area contributed by atoms with Crippen LogP contribution < -0.4 is 5.73 Å². The largest absolute Gasteiger partial charge is 0.461 e. The van der Waals surface area contributed by atoms with Crippen molar-refractivity contribution in [2.24, 2.45) is 11.7 Å². The average molecular weight is 130 g/mol. The van der Waals surface area contributed by atoms with Gasteiger partial charge in [0.15, 0.2) is 0 Å². The van der Waals surface area contributed by atoms with Crippen LogP contribution >= 0.6 is 0 Å². The molecule has 1 atom stereocenters. The highest BCUT2D eigenvalue weighted by Gasteiger charge is 2.16. The molecule has 0 spiro atoms. The number of nitrogens with two attached hydrogens (primary N) is 1. The first-order chi connectivity index (χ1) is 4.09. The van der Waals surface area contributed by atoms with Crippen molar-refractivity contribution in [3.05, 3.63) is 7.11 Å². The molecule has 0 aromatic carbocycles. The lowest BCUT2D eigenvalue weighted by Gasteiger charge is -2.11. The molecule has 1 radical (unpaired) electrons. The maximum Gasteiger partial charge on any atom is 0.323 e. The van der Waals surface area contributed by atoms with Crippen LogP contribution in [0.3, 0.4) is 0 Å². The van der Waals surface area contributed by atoms with Gasteiger partial charge in [0.2, 0.25) is 0 Å². The maximum atomic E-state index is 10.5. The molecule has 0 aromatic heterocycles. The molecular formula is C6H12NO2.